The van der Waals surface area contributed by atoms with E-state index in [4.69, 9.17) is 0 Å². The molecule has 0 radical (unpaired) electrons. The highest BCUT2D eigenvalue weighted by atomic mass is 16.3. The summed E-state index contributed by atoms with van der Waals surface area (Å²) in [5.74, 6) is -0.277. The first-order chi connectivity index (χ1) is 11.2. The molecule has 0 spiro atoms. The second kappa shape index (κ2) is 7.45. The fourth-order valence-electron chi connectivity index (χ4n) is 4.14. The lowest BCUT2D eigenvalue weighted by Gasteiger charge is -2.45. The van der Waals surface area contributed by atoms with Gasteiger partial charge in [0.25, 0.3) is 5.91 Å². The van der Waals surface area contributed by atoms with Crippen molar-refractivity contribution in [3.63, 3.8) is 0 Å². The molecule has 126 valence electrons. The predicted molar refractivity (Wildman–Crippen MR) is 91.0 cm³/mol. The average molecular weight is 316 g/mol. The van der Waals surface area contributed by atoms with Gasteiger partial charge in [-0.2, -0.15) is 0 Å². The summed E-state index contributed by atoms with van der Waals surface area (Å²) in [6.07, 6.45) is 7.57. The number of carbonyl (C=O) groups excluding carboxylic acids is 1. The molecule has 1 heterocycles. The first-order valence-corrected chi connectivity index (χ1v) is 8.97. The lowest BCUT2D eigenvalue weighted by molar-refractivity contribution is -0.130. The molecule has 1 aromatic carbocycles. The zero-order chi connectivity index (χ0) is 16.1. The minimum absolute atomic E-state index is 0.112. The second-order valence-corrected chi connectivity index (χ2v) is 7.01. The lowest BCUT2D eigenvalue weighted by Crippen LogP contribution is -2.56. The standard InChI is InChI=1S/C19H28N2O2/c22-17(16-9-3-1-4-10-16)18(23)20-15-19(11-5-2-6-12-19)21-13-7-8-14-21/h1,3-4,9-10,17,22H,2,5-8,11-15H2,(H,20,23)/t17-/m1/s1. The zero-order valence-corrected chi connectivity index (χ0v) is 13.8. The van der Waals surface area contributed by atoms with Gasteiger partial charge in [-0.1, -0.05) is 49.6 Å². The van der Waals surface area contributed by atoms with Crippen molar-refractivity contribution in [2.45, 2.75) is 56.6 Å². The quantitative estimate of drug-likeness (QED) is 0.878. The summed E-state index contributed by atoms with van der Waals surface area (Å²) in [4.78, 5) is 14.9. The predicted octanol–water partition coefficient (Wildman–Crippen LogP) is 2.63. The third kappa shape index (κ3) is 3.75. The first kappa shape index (κ1) is 16.5. The van der Waals surface area contributed by atoms with E-state index in [0.29, 0.717) is 12.1 Å². The third-order valence-corrected chi connectivity index (χ3v) is 5.52. The Kier molecular flexibility index (Phi) is 5.34. The molecule has 1 aromatic rings. The van der Waals surface area contributed by atoms with Crippen molar-refractivity contribution < 1.29 is 9.90 Å². The molecular weight excluding hydrogens is 288 g/mol. The molecule has 1 aliphatic carbocycles. The number of hydrogen-bond acceptors (Lipinski definition) is 3. The van der Waals surface area contributed by atoms with Crippen LogP contribution in [0.25, 0.3) is 0 Å². The molecule has 0 aromatic heterocycles. The van der Waals surface area contributed by atoms with Crippen LogP contribution in [0.2, 0.25) is 0 Å². The Bertz CT molecular complexity index is 505. The number of likely N-dealkylation sites (tertiary alicyclic amines) is 1. The van der Waals surface area contributed by atoms with Crippen molar-refractivity contribution in [2.75, 3.05) is 19.6 Å². The molecule has 23 heavy (non-hydrogen) atoms. The van der Waals surface area contributed by atoms with Gasteiger partial charge in [0, 0.05) is 12.1 Å². The van der Waals surface area contributed by atoms with Crippen LogP contribution in [0.1, 0.15) is 56.6 Å². The van der Waals surface area contributed by atoms with Crippen LogP contribution in [0.15, 0.2) is 30.3 Å². The minimum Gasteiger partial charge on any atom is -0.378 e. The molecular formula is C19H28N2O2. The largest absolute Gasteiger partial charge is 0.378 e. The summed E-state index contributed by atoms with van der Waals surface area (Å²) < 4.78 is 0. The Morgan fingerprint density at radius 3 is 2.39 bits per heavy atom. The summed E-state index contributed by atoms with van der Waals surface area (Å²) in [6, 6.07) is 9.16. The van der Waals surface area contributed by atoms with Crippen LogP contribution >= 0.6 is 0 Å². The van der Waals surface area contributed by atoms with Crippen molar-refractivity contribution in [1.29, 1.82) is 0 Å². The van der Waals surface area contributed by atoms with Crippen molar-refractivity contribution in [3.8, 4) is 0 Å². The lowest BCUT2D eigenvalue weighted by atomic mass is 9.80. The Morgan fingerprint density at radius 1 is 1.09 bits per heavy atom. The number of rotatable bonds is 5. The van der Waals surface area contributed by atoms with Crippen LogP contribution in [0.4, 0.5) is 0 Å². The highest BCUT2D eigenvalue weighted by Gasteiger charge is 2.39. The summed E-state index contributed by atoms with van der Waals surface area (Å²) in [5.41, 5.74) is 0.768. The smallest absolute Gasteiger partial charge is 0.253 e. The van der Waals surface area contributed by atoms with Gasteiger partial charge in [0.15, 0.2) is 6.10 Å². The minimum atomic E-state index is -1.07. The van der Waals surface area contributed by atoms with E-state index >= 15 is 0 Å². The van der Waals surface area contributed by atoms with Crippen molar-refractivity contribution in [2.24, 2.45) is 0 Å². The number of aliphatic hydroxyl groups excluding tert-OH is 1. The normalized spacial score (nSPS) is 22.7. The molecule has 1 aliphatic heterocycles. The van der Waals surface area contributed by atoms with E-state index in [1.165, 1.54) is 32.1 Å². The van der Waals surface area contributed by atoms with Crippen LogP contribution < -0.4 is 5.32 Å². The molecule has 0 bridgehead atoms. The molecule has 2 aliphatic rings. The van der Waals surface area contributed by atoms with Gasteiger partial charge < -0.3 is 10.4 Å². The molecule has 1 saturated heterocycles. The first-order valence-electron chi connectivity index (χ1n) is 8.97. The number of nitrogens with zero attached hydrogens (tertiary/aromatic N) is 1. The van der Waals surface area contributed by atoms with Gasteiger partial charge in [-0.25, -0.2) is 0 Å². The fraction of sp³-hybridized carbons (Fsp3) is 0.632. The summed E-state index contributed by atoms with van der Waals surface area (Å²) >= 11 is 0. The maximum absolute atomic E-state index is 12.4. The van der Waals surface area contributed by atoms with Gasteiger partial charge in [0.05, 0.1) is 0 Å². The molecule has 4 nitrogen and oxygen atoms in total. The number of hydrogen-bond donors (Lipinski definition) is 2. The number of aliphatic hydroxyl groups is 1. The van der Waals surface area contributed by atoms with Crippen LogP contribution in [-0.2, 0) is 4.79 Å². The van der Waals surface area contributed by atoms with E-state index in [9.17, 15) is 9.90 Å². The van der Waals surface area contributed by atoms with Crippen molar-refractivity contribution in [1.82, 2.24) is 10.2 Å². The Hall–Kier alpha value is -1.39. The van der Waals surface area contributed by atoms with E-state index in [0.717, 1.165) is 25.9 Å². The molecule has 4 heteroatoms. The zero-order valence-electron chi connectivity index (χ0n) is 13.8. The van der Waals surface area contributed by atoms with Gasteiger partial charge in [-0.3, -0.25) is 9.69 Å². The molecule has 0 unspecified atom stereocenters. The molecule has 2 fully saturated rings. The van der Waals surface area contributed by atoms with Crippen LogP contribution in [0.3, 0.4) is 0 Å². The third-order valence-electron chi connectivity index (χ3n) is 5.52. The maximum atomic E-state index is 12.4. The SMILES string of the molecule is O=C(NCC1(N2CCCC2)CCCCC1)[C@H](O)c1ccccc1. The maximum Gasteiger partial charge on any atom is 0.253 e. The number of carbonyl (C=O) groups is 1. The molecule has 1 atom stereocenters. The monoisotopic (exact) mass is 316 g/mol. The van der Waals surface area contributed by atoms with Crippen molar-refractivity contribution >= 4 is 5.91 Å². The van der Waals surface area contributed by atoms with Crippen molar-refractivity contribution in [3.05, 3.63) is 35.9 Å². The van der Waals surface area contributed by atoms with E-state index < -0.39 is 6.10 Å². The number of benzene rings is 1. The topological polar surface area (TPSA) is 52.6 Å². The van der Waals surface area contributed by atoms with Gasteiger partial charge in [0.1, 0.15) is 0 Å². The Balaban J connectivity index is 1.63. The number of nitrogens with one attached hydrogen (secondary N) is 1. The molecule has 1 amide bonds. The second-order valence-electron chi connectivity index (χ2n) is 7.01. The van der Waals surface area contributed by atoms with Gasteiger partial charge in [-0.05, 0) is 44.3 Å². The summed E-state index contributed by atoms with van der Waals surface area (Å²) in [5, 5.41) is 13.3. The highest BCUT2D eigenvalue weighted by molar-refractivity contribution is 5.81. The van der Waals surface area contributed by atoms with Crippen LogP contribution in [-0.4, -0.2) is 41.1 Å². The van der Waals surface area contributed by atoms with E-state index in [2.05, 4.69) is 10.2 Å². The average Bonchev–Trinajstić information content (AvgIpc) is 3.16. The molecule has 2 N–H and O–H groups in total. The molecule has 1 saturated carbocycles. The van der Waals surface area contributed by atoms with E-state index in [-0.39, 0.29) is 11.4 Å². The van der Waals surface area contributed by atoms with E-state index in [1.807, 2.05) is 18.2 Å². The van der Waals surface area contributed by atoms with E-state index in [1.54, 1.807) is 12.1 Å². The van der Waals surface area contributed by atoms with Crippen LogP contribution in [0.5, 0.6) is 0 Å². The molecule has 3 rings (SSSR count). The fourth-order valence-corrected chi connectivity index (χ4v) is 4.14. The van der Waals surface area contributed by atoms with Crippen LogP contribution in [0, 0.1) is 0 Å². The summed E-state index contributed by atoms with van der Waals surface area (Å²) in [6.45, 7) is 2.96. The van der Waals surface area contributed by atoms with Gasteiger partial charge in [-0.15, -0.1) is 0 Å². The number of amides is 1. The van der Waals surface area contributed by atoms with Gasteiger partial charge >= 0.3 is 0 Å². The Morgan fingerprint density at radius 2 is 1.74 bits per heavy atom. The highest BCUT2D eigenvalue weighted by Crippen LogP contribution is 2.35. The Labute approximate surface area is 138 Å². The van der Waals surface area contributed by atoms with Gasteiger partial charge in [0.2, 0.25) is 0 Å². The summed E-state index contributed by atoms with van der Waals surface area (Å²) in [7, 11) is 0.